The van der Waals surface area contributed by atoms with Gasteiger partial charge in [-0.25, -0.2) is 0 Å². The van der Waals surface area contributed by atoms with Gasteiger partial charge in [0.05, 0.1) is 4.92 Å². The van der Waals surface area contributed by atoms with Gasteiger partial charge < -0.3 is 5.32 Å². The molecule has 1 aromatic rings. The van der Waals surface area contributed by atoms with Gasteiger partial charge in [0, 0.05) is 13.1 Å². The minimum Gasteiger partial charge on any atom is -0.347 e. The highest BCUT2D eigenvalue weighted by Gasteiger charge is 2.33. The van der Waals surface area contributed by atoms with Gasteiger partial charge in [0.2, 0.25) is 5.69 Å². The first-order chi connectivity index (χ1) is 9.82. The van der Waals surface area contributed by atoms with Gasteiger partial charge in [-0.15, -0.1) is 0 Å². The average molecular weight is 294 g/mol. The molecule has 1 heterocycles. The van der Waals surface area contributed by atoms with Crippen LogP contribution >= 0.6 is 0 Å². The molecule has 0 aromatic carbocycles. The lowest BCUT2D eigenvalue weighted by Crippen LogP contribution is -2.44. The average Bonchev–Trinajstić information content (AvgIpc) is 2.70. The van der Waals surface area contributed by atoms with Crippen LogP contribution in [0.2, 0.25) is 0 Å². The fourth-order valence-corrected chi connectivity index (χ4v) is 3.14. The van der Waals surface area contributed by atoms with Crippen molar-refractivity contribution in [1.82, 2.24) is 15.1 Å². The Morgan fingerprint density at radius 1 is 1.43 bits per heavy atom. The summed E-state index contributed by atoms with van der Waals surface area (Å²) in [7, 11) is 1.56. The highest BCUT2D eigenvalue weighted by molar-refractivity contribution is 5.97. The number of carbonyl (C=O) groups is 1. The summed E-state index contributed by atoms with van der Waals surface area (Å²) in [6.07, 6.45) is 3.16. The second kappa shape index (κ2) is 5.83. The van der Waals surface area contributed by atoms with Crippen molar-refractivity contribution < 1.29 is 9.72 Å². The molecule has 21 heavy (non-hydrogen) atoms. The second-order valence-electron chi connectivity index (χ2n) is 6.01. The van der Waals surface area contributed by atoms with Gasteiger partial charge in [-0.2, -0.15) is 5.10 Å². The molecule has 0 unspecified atom stereocenters. The molecule has 0 aliphatic heterocycles. The number of hydrogen-bond donors (Lipinski definition) is 1. The second-order valence-corrected chi connectivity index (χ2v) is 6.01. The van der Waals surface area contributed by atoms with E-state index in [0.717, 1.165) is 12.8 Å². The molecule has 1 aromatic heterocycles. The molecule has 1 fully saturated rings. The summed E-state index contributed by atoms with van der Waals surface area (Å²) in [5.41, 5.74) is 0.0900. The molecular weight excluding hydrogens is 272 g/mol. The quantitative estimate of drug-likeness (QED) is 0.683. The monoisotopic (exact) mass is 294 g/mol. The molecule has 7 heteroatoms. The number of nitrogens with zero attached hydrogens (tertiary/aromatic N) is 3. The molecule has 2 rings (SSSR count). The SMILES string of the molecule is Cc1nn(C)c(C(=O)N[C@H]2CCC[C@@H](C)[C@@H]2C)c1[N+](=O)[O-]. The lowest BCUT2D eigenvalue weighted by atomic mass is 9.78. The van der Waals surface area contributed by atoms with Gasteiger partial charge >= 0.3 is 5.69 Å². The molecule has 1 aliphatic carbocycles. The number of aromatic nitrogens is 2. The number of carbonyl (C=O) groups excluding carboxylic acids is 1. The van der Waals surface area contributed by atoms with Crippen LogP contribution < -0.4 is 5.32 Å². The zero-order valence-electron chi connectivity index (χ0n) is 12.9. The maximum absolute atomic E-state index is 12.4. The third-order valence-electron chi connectivity index (χ3n) is 4.61. The molecule has 0 radical (unpaired) electrons. The van der Waals surface area contributed by atoms with E-state index < -0.39 is 10.8 Å². The van der Waals surface area contributed by atoms with Gasteiger partial charge in [0.1, 0.15) is 5.69 Å². The first-order valence-electron chi connectivity index (χ1n) is 7.31. The topological polar surface area (TPSA) is 90.1 Å². The van der Waals surface area contributed by atoms with Gasteiger partial charge in [-0.05, 0) is 25.2 Å². The molecule has 0 bridgehead atoms. The predicted molar refractivity (Wildman–Crippen MR) is 78.0 cm³/mol. The Morgan fingerprint density at radius 3 is 2.71 bits per heavy atom. The van der Waals surface area contributed by atoms with Crippen LogP contribution in [0, 0.1) is 28.9 Å². The van der Waals surface area contributed by atoms with E-state index in [1.54, 1.807) is 14.0 Å². The smallest absolute Gasteiger partial charge is 0.322 e. The highest BCUT2D eigenvalue weighted by Crippen LogP contribution is 2.30. The normalized spacial score (nSPS) is 25.6. The number of rotatable bonds is 3. The molecule has 116 valence electrons. The molecule has 3 atom stereocenters. The number of nitrogens with one attached hydrogen (secondary N) is 1. The van der Waals surface area contributed by atoms with Crippen molar-refractivity contribution in [2.24, 2.45) is 18.9 Å². The van der Waals surface area contributed by atoms with Crippen molar-refractivity contribution in [2.75, 3.05) is 0 Å². The highest BCUT2D eigenvalue weighted by atomic mass is 16.6. The lowest BCUT2D eigenvalue weighted by Gasteiger charge is -2.34. The van der Waals surface area contributed by atoms with Gasteiger partial charge in [0.25, 0.3) is 5.91 Å². The zero-order valence-corrected chi connectivity index (χ0v) is 12.9. The van der Waals surface area contributed by atoms with E-state index in [9.17, 15) is 14.9 Å². The van der Waals surface area contributed by atoms with E-state index >= 15 is 0 Å². The molecule has 1 amide bonds. The number of hydrogen-bond acceptors (Lipinski definition) is 4. The standard InChI is InChI=1S/C14H22N4O3/c1-8-6-5-7-11(9(8)2)15-14(19)13-12(18(20)21)10(3)16-17(13)4/h8-9,11H,5-7H2,1-4H3,(H,15,19)/t8-,9+,11+/m1/s1. The summed E-state index contributed by atoms with van der Waals surface area (Å²) < 4.78 is 1.29. The summed E-state index contributed by atoms with van der Waals surface area (Å²) in [6.45, 7) is 5.84. The molecule has 0 spiro atoms. The first kappa shape index (κ1) is 15.5. The van der Waals surface area contributed by atoms with Gasteiger partial charge in [-0.1, -0.05) is 26.7 Å². The Bertz CT molecular complexity index is 567. The Balaban J connectivity index is 2.23. The van der Waals surface area contributed by atoms with E-state index in [2.05, 4.69) is 24.3 Å². The Morgan fingerprint density at radius 2 is 2.10 bits per heavy atom. The third kappa shape index (κ3) is 2.91. The van der Waals surface area contributed by atoms with Crippen molar-refractivity contribution in [1.29, 1.82) is 0 Å². The van der Waals surface area contributed by atoms with Crippen LogP contribution in [-0.4, -0.2) is 26.7 Å². The maximum atomic E-state index is 12.4. The molecule has 1 saturated carbocycles. The van der Waals surface area contributed by atoms with E-state index in [1.165, 1.54) is 11.1 Å². The molecular formula is C14H22N4O3. The number of nitro groups is 1. The maximum Gasteiger partial charge on any atom is 0.322 e. The minimum atomic E-state index is -0.538. The first-order valence-corrected chi connectivity index (χ1v) is 7.31. The van der Waals surface area contributed by atoms with Gasteiger partial charge in [-0.3, -0.25) is 19.6 Å². The lowest BCUT2D eigenvalue weighted by molar-refractivity contribution is -0.385. The number of aryl methyl sites for hydroxylation is 2. The van der Waals surface area contributed by atoms with Crippen molar-refractivity contribution >= 4 is 11.6 Å². The fourth-order valence-electron chi connectivity index (χ4n) is 3.14. The largest absolute Gasteiger partial charge is 0.347 e. The summed E-state index contributed by atoms with van der Waals surface area (Å²) in [5, 5.41) is 18.1. The summed E-state index contributed by atoms with van der Waals surface area (Å²) in [6, 6.07) is 0.0658. The zero-order chi connectivity index (χ0) is 15.7. The van der Waals surface area contributed by atoms with E-state index in [-0.39, 0.29) is 23.1 Å². The van der Waals surface area contributed by atoms with Crippen LogP contribution in [0.25, 0.3) is 0 Å². The Hall–Kier alpha value is -1.92. The van der Waals surface area contributed by atoms with E-state index in [1.807, 2.05) is 0 Å². The summed E-state index contributed by atoms with van der Waals surface area (Å²) >= 11 is 0. The molecule has 0 saturated heterocycles. The van der Waals surface area contributed by atoms with E-state index in [4.69, 9.17) is 0 Å². The van der Waals surface area contributed by atoms with Crippen LogP contribution in [0.15, 0.2) is 0 Å². The Labute approximate surface area is 123 Å². The molecule has 1 aliphatic rings. The predicted octanol–water partition coefficient (Wildman–Crippen LogP) is 2.19. The van der Waals surface area contributed by atoms with Gasteiger partial charge in [0.15, 0.2) is 0 Å². The summed E-state index contributed by atoms with van der Waals surface area (Å²) in [5.74, 6) is 0.513. The van der Waals surface area contributed by atoms with Crippen LogP contribution in [-0.2, 0) is 7.05 Å². The number of amides is 1. The summed E-state index contributed by atoms with van der Waals surface area (Å²) in [4.78, 5) is 23.1. The van der Waals surface area contributed by atoms with Crippen LogP contribution in [0.1, 0.15) is 49.3 Å². The van der Waals surface area contributed by atoms with Crippen LogP contribution in [0.3, 0.4) is 0 Å². The molecule has 7 nitrogen and oxygen atoms in total. The van der Waals surface area contributed by atoms with Crippen molar-refractivity contribution in [3.63, 3.8) is 0 Å². The molecule has 1 N–H and O–H groups in total. The van der Waals surface area contributed by atoms with Crippen molar-refractivity contribution in [2.45, 2.75) is 46.1 Å². The van der Waals surface area contributed by atoms with Crippen LogP contribution in [0.5, 0.6) is 0 Å². The Kier molecular flexibility index (Phi) is 4.29. The van der Waals surface area contributed by atoms with Crippen molar-refractivity contribution in [3.8, 4) is 0 Å². The third-order valence-corrected chi connectivity index (χ3v) is 4.61. The van der Waals surface area contributed by atoms with E-state index in [0.29, 0.717) is 11.8 Å². The fraction of sp³-hybridized carbons (Fsp3) is 0.714. The van der Waals surface area contributed by atoms with Crippen molar-refractivity contribution in [3.05, 3.63) is 21.5 Å². The minimum absolute atomic E-state index is 0.0305. The van der Waals surface area contributed by atoms with Crippen LogP contribution in [0.4, 0.5) is 5.69 Å².